The maximum absolute atomic E-state index is 12.8. The van der Waals surface area contributed by atoms with E-state index in [0.717, 1.165) is 30.7 Å². The van der Waals surface area contributed by atoms with Crippen molar-refractivity contribution >= 4 is 16.7 Å². The van der Waals surface area contributed by atoms with E-state index in [2.05, 4.69) is 12.1 Å². The lowest BCUT2D eigenvalue weighted by Gasteiger charge is -2.25. The third kappa shape index (κ3) is 3.70. The molecule has 1 fully saturated rings. The highest BCUT2D eigenvalue weighted by atomic mass is 32.2. The Morgan fingerprint density at radius 1 is 1.13 bits per heavy atom. The van der Waals surface area contributed by atoms with Gasteiger partial charge < -0.3 is 4.90 Å². The van der Waals surface area contributed by atoms with Crippen LogP contribution in [0.4, 0.5) is 0 Å². The normalized spacial score (nSPS) is 18.8. The molecule has 3 nitrogen and oxygen atoms in total. The van der Waals surface area contributed by atoms with Gasteiger partial charge >= 0.3 is 0 Å². The van der Waals surface area contributed by atoms with Gasteiger partial charge in [0, 0.05) is 40.1 Å². The van der Waals surface area contributed by atoms with Crippen LogP contribution in [0, 0.1) is 0 Å². The predicted octanol–water partition coefficient (Wildman–Crippen LogP) is 3.27. The molecule has 2 unspecified atom stereocenters. The second-order valence-electron chi connectivity index (χ2n) is 5.96. The Balaban J connectivity index is 1.74. The number of likely N-dealkylation sites (tertiary alicyclic amines) is 1. The van der Waals surface area contributed by atoms with E-state index in [4.69, 9.17) is 0 Å². The monoisotopic (exact) mass is 327 g/mol. The third-order valence-corrected chi connectivity index (χ3v) is 5.32. The van der Waals surface area contributed by atoms with Crippen LogP contribution in [-0.2, 0) is 17.2 Å². The lowest BCUT2D eigenvalue weighted by molar-refractivity contribution is 0.0736. The molecule has 1 aliphatic heterocycles. The summed E-state index contributed by atoms with van der Waals surface area (Å²) in [6, 6.07) is 17.7. The molecule has 1 saturated heterocycles. The SMILES string of the molecule is CS(=O)c1ccc(C(=O)N2CCCC2Cc2ccccc2)cc1. The largest absolute Gasteiger partial charge is 0.335 e. The molecule has 0 aliphatic carbocycles. The average Bonchev–Trinajstić information content (AvgIpc) is 3.03. The van der Waals surface area contributed by atoms with E-state index in [1.807, 2.05) is 23.1 Å². The van der Waals surface area contributed by atoms with Crippen LogP contribution < -0.4 is 0 Å². The van der Waals surface area contributed by atoms with Crippen LogP contribution in [0.1, 0.15) is 28.8 Å². The third-order valence-electron chi connectivity index (χ3n) is 4.39. The number of nitrogens with zero attached hydrogens (tertiary/aromatic N) is 1. The van der Waals surface area contributed by atoms with Gasteiger partial charge in [-0.1, -0.05) is 30.3 Å². The molecule has 2 aromatic carbocycles. The topological polar surface area (TPSA) is 37.4 Å². The van der Waals surface area contributed by atoms with Crippen molar-refractivity contribution < 1.29 is 9.00 Å². The summed E-state index contributed by atoms with van der Waals surface area (Å²) in [6.45, 7) is 0.817. The Labute approximate surface area is 139 Å². The van der Waals surface area contributed by atoms with Gasteiger partial charge in [0.2, 0.25) is 0 Å². The number of amides is 1. The molecule has 23 heavy (non-hydrogen) atoms. The molecule has 1 heterocycles. The van der Waals surface area contributed by atoms with Crippen molar-refractivity contribution in [2.24, 2.45) is 0 Å². The summed E-state index contributed by atoms with van der Waals surface area (Å²) < 4.78 is 11.5. The van der Waals surface area contributed by atoms with Gasteiger partial charge in [0.15, 0.2) is 0 Å². The van der Waals surface area contributed by atoms with Gasteiger partial charge in [-0.15, -0.1) is 0 Å². The van der Waals surface area contributed by atoms with Gasteiger partial charge in [0.05, 0.1) is 0 Å². The molecule has 0 bridgehead atoms. The molecular weight excluding hydrogens is 306 g/mol. The fourth-order valence-electron chi connectivity index (χ4n) is 3.16. The quantitative estimate of drug-likeness (QED) is 0.864. The molecule has 2 aromatic rings. The first-order valence-corrected chi connectivity index (χ1v) is 9.49. The van der Waals surface area contributed by atoms with Crippen molar-refractivity contribution in [2.45, 2.75) is 30.2 Å². The molecule has 120 valence electrons. The molecule has 0 aromatic heterocycles. The molecule has 0 saturated carbocycles. The zero-order valence-electron chi connectivity index (χ0n) is 13.3. The van der Waals surface area contributed by atoms with Crippen molar-refractivity contribution in [3.8, 4) is 0 Å². The lowest BCUT2D eigenvalue weighted by Crippen LogP contribution is -2.36. The van der Waals surface area contributed by atoms with Crippen LogP contribution in [-0.4, -0.2) is 33.9 Å². The predicted molar refractivity (Wildman–Crippen MR) is 93.0 cm³/mol. The molecule has 3 rings (SSSR count). The second-order valence-corrected chi connectivity index (χ2v) is 7.34. The minimum atomic E-state index is -1.01. The molecule has 0 N–H and O–H groups in total. The summed E-state index contributed by atoms with van der Waals surface area (Å²) in [4.78, 5) is 15.5. The number of carbonyl (C=O) groups is 1. The summed E-state index contributed by atoms with van der Waals surface area (Å²) in [5.41, 5.74) is 1.95. The number of rotatable bonds is 4. The molecule has 2 atom stereocenters. The first-order chi connectivity index (χ1) is 11.1. The van der Waals surface area contributed by atoms with E-state index >= 15 is 0 Å². The Kier molecular flexibility index (Phi) is 4.91. The highest BCUT2D eigenvalue weighted by Crippen LogP contribution is 2.23. The second kappa shape index (κ2) is 7.09. The fraction of sp³-hybridized carbons (Fsp3) is 0.316. The van der Waals surface area contributed by atoms with Crippen LogP contribution >= 0.6 is 0 Å². The van der Waals surface area contributed by atoms with Crippen LogP contribution in [0.15, 0.2) is 59.5 Å². The highest BCUT2D eigenvalue weighted by molar-refractivity contribution is 7.84. The molecule has 4 heteroatoms. The van der Waals surface area contributed by atoms with Crippen molar-refractivity contribution in [1.82, 2.24) is 4.90 Å². The number of carbonyl (C=O) groups excluding carboxylic acids is 1. The highest BCUT2D eigenvalue weighted by Gasteiger charge is 2.29. The van der Waals surface area contributed by atoms with Gasteiger partial charge in [-0.05, 0) is 49.1 Å². The van der Waals surface area contributed by atoms with Crippen molar-refractivity contribution in [2.75, 3.05) is 12.8 Å². The van der Waals surface area contributed by atoms with Crippen molar-refractivity contribution in [3.63, 3.8) is 0 Å². The van der Waals surface area contributed by atoms with Gasteiger partial charge in [0.25, 0.3) is 5.91 Å². The van der Waals surface area contributed by atoms with E-state index in [1.54, 1.807) is 30.5 Å². The number of benzene rings is 2. The van der Waals surface area contributed by atoms with Gasteiger partial charge in [-0.2, -0.15) is 0 Å². The van der Waals surface area contributed by atoms with Gasteiger partial charge in [-0.3, -0.25) is 9.00 Å². The maximum Gasteiger partial charge on any atom is 0.254 e. The minimum absolute atomic E-state index is 0.0804. The molecular formula is C19H21NO2S. The van der Waals surface area contributed by atoms with Crippen LogP contribution in [0.5, 0.6) is 0 Å². The summed E-state index contributed by atoms with van der Waals surface area (Å²) in [5, 5.41) is 0. The molecule has 0 radical (unpaired) electrons. The average molecular weight is 327 g/mol. The Morgan fingerprint density at radius 3 is 2.48 bits per heavy atom. The van der Waals surface area contributed by atoms with E-state index < -0.39 is 10.8 Å². The zero-order valence-corrected chi connectivity index (χ0v) is 14.1. The summed E-state index contributed by atoms with van der Waals surface area (Å²) >= 11 is 0. The van der Waals surface area contributed by atoms with E-state index in [9.17, 15) is 9.00 Å². The summed E-state index contributed by atoms with van der Waals surface area (Å²) in [5.74, 6) is 0.0804. The molecule has 1 amide bonds. The molecule has 0 spiro atoms. The first-order valence-electron chi connectivity index (χ1n) is 7.93. The Bertz CT molecular complexity index is 697. The lowest BCUT2D eigenvalue weighted by atomic mass is 10.0. The van der Waals surface area contributed by atoms with E-state index in [-0.39, 0.29) is 11.9 Å². The van der Waals surface area contributed by atoms with E-state index in [1.165, 1.54) is 5.56 Å². The van der Waals surface area contributed by atoms with Crippen LogP contribution in [0.25, 0.3) is 0 Å². The summed E-state index contributed by atoms with van der Waals surface area (Å²) in [6.07, 6.45) is 4.66. The van der Waals surface area contributed by atoms with Crippen LogP contribution in [0.2, 0.25) is 0 Å². The minimum Gasteiger partial charge on any atom is -0.335 e. The number of hydrogen-bond acceptors (Lipinski definition) is 2. The van der Waals surface area contributed by atoms with E-state index in [0.29, 0.717) is 5.56 Å². The fourth-order valence-corrected chi connectivity index (χ4v) is 3.68. The Morgan fingerprint density at radius 2 is 1.83 bits per heavy atom. The number of hydrogen-bond donors (Lipinski definition) is 0. The summed E-state index contributed by atoms with van der Waals surface area (Å²) in [7, 11) is -1.01. The maximum atomic E-state index is 12.8. The van der Waals surface area contributed by atoms with Crippen molar-refractivity contribution in [1.29, 1.82) is 0 Å². The first kappa shape index (κ1) is 15.9. The van der Waals surface area contributed by atoms with Crippen LogP contribution in [0.3, 0.4) is 0 Å². The Hall–Kier alpha value is -1.94. The van der Waals surface area contributed by atoms with Gasteiger partial charge in [-0.25, -0.2) is 0 Å². The molecule has 1 aliphatic rings. The van der Waals surface area contributed by atoms with Gasteiger partial charge in [0.1, 0.15) is 0 Å². The zero-order chi connectivity index (χ0) is 16.2. The smallest absolute Gasteiger partial charge is 0.254 e. The standard InChI is InChI=1S/C19H21NO2S/c1-23(22)18-11-9-16(10-12-18)19(21)20-13-5-8-17(20)14-15-6-3-2-4-7-15/h2-4,6-7,9-12,17H,5,8,13-14H2,1H3. The van der Waals surface area contributed by atoms with Crippen molar-refractivity contribution in [3.05, 3.63) is 65.7 Å².